The summed E-state index contributed by atoms with van der Waals surface area (Å²) in [7, 11) is 0. The summed E-state index contributed by atoms with van der Waals surface area (Å²) in [5.74, 6) is 0.0758. The normalized spacial score (nSPS) is 12.9. The minimum atomic E-state index is -0.754. The van der Waals surface area contributed by atoms with Gasteiger partial charge in [0.25, 0.3) is 5.91 Å². The molecule has 0 heterocycles. The van der Waals surface area contributed by atoms with Crippen LogP contribution in [0.25, 0.3) is 0 Å². The second-order valence-corrected chi connectivity index (χ2v) is 11.7. The number of nitrogens with one attached hydrogen (secondary N) is 1. The van der Waals surface area contributed by atoms with E-state index in [1.165, 1.54) is 5.56 Å². The molecule has 0 bridgehead atoms. The molecule has 0 saturated carbocycles. The molecule has 0 aliphatic carbocycles. The summed E-state index contributed by atoms with van der Waals surface area (Å²) in [6.07, 6.45) is 1.13. The molecule has 3 rings (SSSR count). The minimum absolute atomic E-state index is 0.0125. The van der Waals surface area contributed by atoms with Crippen molar-refractivity contribution in [2.24, 2.45) is 0 Å². The Morgan fingerprint density at radius 2 is 1.59 bits per heavy atom. The summed E-state index contributed by atoms with van der Waals surface area (Å²) in [6, 6.07) is 21.9. The molecule has 208 valence electrons. The monoisotopic (exact) mass is 568 g/mol. The molecule has 0 aliphatic rings. The van der Waals surface area contributed by atoms with Gasteiger partial charge in [-0.05, 0) is 59.7 Å². The lowest BCUT2D eigenvalue weighted by atomic mass is 9.87. The highest BCUT2D eigenvalue weighted by Crippen LogP contribution is 2.26. The molecule has 3 aromatic carbocycles. The van der Waals surface area contributed by atoms with Crippen molar-refractivity contribution < 1.29 is 14.3 Å². The van der Waals surface area contributed by atoms with Crippen LogP contribution in [0.5, 0.6) is 5.75 Å². The number of carbonyl (C=O) groups excluding carboxylic acids is 2. The Balaban J connectivity index is 1.91. The van der Waals surface area contributed by atoms with Crippen LogP contribution in [0, 0.1) is 0 Å². The van der Waals surface area contributed by atoms with Gasteiger partial charge < -0.3 is 15.0 Å². The van der Waals surface area contributed by atoms with Gasteiger partial charge in [0.15, 0.2) is 6.61 Å². The van der Waals surface area contributed by atoms with Crippen LogP contribution in [-0.2, 0) is 28.0 Å². The lowest BCUT2D eigenvalue weighted by Crippen LogP contribution is -2.53. The van der Waals surface area contributed by atoms with Crippen molar-refractivity contribution in [3.63, 3.8) is 0 Å². The standard InChI is InChI=1S/C32H38Cl2N2O3/c1-6-22(2)35-31(38)29(19-23-10-8-7-9-11-23)36(20-24-12-17-27(33)28(34)18-24)30(37)21-39-26-15-13-25(14-16-26)32(3,4)5/h7-18,22,29H,6,19-21H2,1-5H3,(H,35,38)/t22-,29+/m1/s1. The maximum atomic E-state index is 13.8. The van der Waals surface area contributed by atoms with Crippen molar-refractivity contribution in [1.29, 1.82) is 0 Å². The molecular formula is C32H38Cl2N2O3. The SMILES string of the molecule is CC[C@@H](C)NC(=O)[C@H](Cc1ccccc1)N(Cc1ccc(Cl)c(Cl)c1)C(=O)COc1ccc(C(C)(C)C)cc1. The molecule has 0 spiro atoms. The van der Waals surface area contributed by atoms with Crippen molar-refractivity contribution in [2.45, 2.75) is 71.5 Å². The third-order valence-corrected chi connectivity index (χ3v) is 7.43. The van der Waals surface area contributed by atoms with Crippen LogP contribution in [0.15, 0.2) is 72.8 Å². The Morgan fingerprint density at radius 1 is 0.923 bits per heavy atom. The summed E-state index contributed by atoms with van der Waals surface area (Å²) in [5.41, 5.74) is 2.90. The fourth-order valence-electron chi connectivity index (χ4n) is 4.11. The van der Waals surface area contributed by atoms with E-state index in [9.17, 15) is 9.59 Å². The molecule has 0 aliphatic heterocycles. The summed E-state index contributed by atoms with van der Waals surface area (Å²) in [4.78, 5) is 28.9. The smallest absolute Gasteiger partial charge is 0.261 e. The van der Waals surface area contributed by atoms with E-state index < -0.39 is 6.04 Å². The van der Waals surface area contributed by atoms with Crippen molar-refractivity contribution in [2.75, 3.05) is 6.61 Å². The predicted molar refractivity (Wildman–Crippen MR) is 159 cm³/mol. The average molecular weight is 570 g/mol. The van der Waals surface area contributed by atoms with Crippen LogP contribution in [-0.4, -0.2) is 35.4 Å². The molecule has 39 heavy (non-hydrogen) atoms. The van der Waals surface area contributed by atoms with E-state index in [4.69, 9.17) is 27.9 Å². The number of ether oxygens (including phenoxy) is 1. The molecule has 2 amide bonds. The zero-order valence-electron chi connectivity index (χ0n) is 23.3. The van der Waals surface area contributed by atoms with Crippen LogP contribution in [0.4, 0.5) is 0 Å². The quantitative estimate of drug-likeness (QED) is 0.265. The second kappa shape index (κ2) is 13.9. The first-order valence-electron chi connectivity index (χ1n) is 13.3. The molecule has 7 heteroatoms. The number of rotatable bonds is 11. The summed E-state index contributed by atoms with van der Waals surface area (Å²) >= 11 is 12.4. The lowest BCUT2D eigenvalue weighted by Gasteiger charge is -2.32. The van der Waals surface area contributed by atoms with Gasteiger partial charge in [0.2, 0.25) is 5.91 Å². The molecule has 1 N–H and O–H groups in total. The highest BCUT2D eigenvalue weighted by atomic mass is 35.5. The number of hydrogen-bond donors (Lipinski definition) is 1. The molecular weight excluding hydrogens is 531 g/mol. The van der Waals surface area contributed by atoms with Crippen LogP contribution < -0.4 is 10.1 Å². The fourth-order valence-corrected chi connectivity index (χ4v) is 4.43. The van der Waals surface area contributed by atoms with Gasteiger partial charge in [-0.1, -0.05) is 99.4 Å². The molecule has 0 fully saturated rings. The van der Waals surface area contributed by atoms with E-state index in [0.717, 1.165) is 17.5 Å². The van der Waals surface area contributed by atoms with Crippen molar-refractivity contribution in [1.82, 2.24) is 10.2 Å². The Hall–Kier alpha value is -3.02. The largest absolute Gasteiger partial charge is 0.484 e. The van der Waals surface area contributed by atoms with E-state index in [2.05, 4.69) is 26.1 Å². The van der Waals surface area contributed by atoms with Gasteiger partial charge in [-0.3, -0.25) is 9.59 Å². The first-order valence-corrected chi connectivity index (χ1v) is 14.0. The number of benzene rings is 3. The Bertz CT molecular complexity index is 1240. The predicted octanol–water partition coefficient (Wildman–Crippen LogP) is 7.22. The van der Waals surface area contributed by atoms with Crippen LogP contribution in [0.1, 0.15) is 57.7 Å². The second-order valence-electron chi connectivity index (χ2n) is 10.9. The zero-order chi connectivity index (χ0) is 28.6. The van der Waals surface area contributed by atoms with Crippen molar-refractivity contribution in [3.8, 4) is 5.75 Å². The van der Waals surface area contributed by atoms with E-state index in [1.54, 1.807) is 17.0 Å². The van der Waals surface area contributed by atoms with E-state index in [1.807, 2.05) is 74.5 Å². The highest BCUT2D eigenvalue weighted by Gasteiger charge is 2.31. The summed E-state index contributed by atoms with van der Waals surface area (Å²) in [5, 5.41) is 3.88. The number of amides is 2. The molecule has 0 radical (unpaired) electrons. The van der Waals surface area contributed by atoms with E-state index in [0.29, 0.717) is 22.2 Å². The van der Waals surface area contributed by atoms with Crippen LogP contribution >= 0.6 is 23.2 Å². The molecule has 0 aromatic heterocycles. The van der Waals surface area contributed by atoms with Gasteiger partial charge in [0, 0.05) is 19.0 Å². The Kier molecular flexibility index (Phi) is 10.8. The lowest BCUT2D eigenvalue weighted by molar-refractivity contribution is -0.143. The maximum Gasteiger partial charge on any atom is 0.261 e. The van der Waals surface area contributed by atoms with Gasteiger partial charge in [0.05, 0.1) is 10.0 Å². The summed E-state index contributed by atoms with van der Waals surface area (Å²) < 4.78 is 5.91. The topological polar surface area (TPSA) is 58.6 Å². The number of hydrogen-bond acceptors (Lipinski definition) is 3. The van der Waals surface area contributed by atoms with Crippen LogP contribution in [0.3, 0.4) is 0 Å². The Labute approximate surface area is 242 Å². The maximum absolute atomic E-state index is 13.8. The van der Waals surface area contributed by atoms with Gasteiger partial charge in [-0.2, -0.15) is 0 Å². The first-order chi connectivity index (χ1) is 18.5. The molecule has 2 atom stereocenters. The van der Waals surface area contributed by atoms with Crippen LogP contribution in [0.2, 0.25) is 10.0 Å². The van der Waals surface area contributed by atoms with E-state index >= 15 is 0 Å². The molecule has 3 aromatic rings. The van der Waals surface area contributed by atoms with Gasteiger partial charge in [0.1, 0.15) is 11.8 Å². The number of carbonyl (C=O) groups is 2. The number of nitrogens with zero attached hydrogens (tertiary/aromatic N) is 1. The third kappa shape index (κ3) is 9.01. The van der Waals surface area contributed by atoms with E-state index in [-0.39, 0.29) is 36.4 Å². The average Bonchev–Trinajstić information content (AvgIpc) is 2.91. The molecule has 0 unspecified atom stereocenters. The van der Waals surface area contributed by atoms with Gasteiger partial charge >= 0.3 is 0 Å². The fraction of sp³-hybridized carbons (Fsp3) is 0.375. The minimum Gasteiger partial charge on any atom is -0.484 e. The highest BCUT2D eigenvalue weighted by molar-refractivity contribution is 6.42. The third-order valence-electron chi connectivity index (χ3n) is 6.69. The zero-order valence-corrected chi connectivity index (χ0v) is 24.9. The van der Waals surface area contributed by atoms with Gasteiger partial charge in [-0.25, -0.2) is 0 Å². The molecule has 0 saturated heterocycles. The molecule has 5 nitrogen and oxygen atoms in total. The van der Waals surface area contributed by atoms with Gasteiger partial charge in [-0.15, -0.1) is 0 Å². The number of halogens is 2. The van der Waals surface area contributed by atoms with Crippen molar-refractivity contribution >= 4 is 35.0 Å². The van der Waals surface area contributed by atoms with Crippen molar-refractivity contribution in [3.05, 3.63) is 99.5 Å². The Morgan fingerprint density at radius 3 is 2.18 bits per heavy atom. The first kappa shape index (κ1) is 30.5. The summed E-state index contributed by atoms with van der Waals surface area (Å²) in [6.45, 7) is 10.4.